The van der Waals surface area contributed by atoms with E-state index in [1.807, 2.05) is 0 Å². The van der Waals surface area contributed by atoms with Gasteiger partial charge in [0.1, 0.15) is 0 Å². The molecule has 6 nitrogen and oxygen atoms in total. The Morgan fingerprint density at radius 1 is 1.25 bits per heavy atom. The van der Waals surface area contributed by atoms with Crippen LogP contribution in [0.4, 0.5) is 0 Å². The van der Waals surface area contributed by atoms with Gasteiger partial charge in [0.25, 0.3) is 0 Å². The Bertz CT molecular complexity index is 789. The highest BCUT2D eigenvalue weighted by Gasteiger charge is 2.28. The number of aromatic nitrogens is 1. The van der Waals surface area contributed by atoms with Crippen molar-refractivity contribution in [1.29, 1.82) is 0 Å². The lowest BCUT2D eigenvalue weighted by Crippen LogP contribution is -2.52. The zero-order valence-electron chi connectivity index (χ0n) is 17.8. The quantitative estimate of drug-likeness (QED) is 0.506. The van der Waals surface area contributed by atoms with Gasteiger partial charge in [0.2, 0.25) is 0 Å². The fraction of sp³-hybridized carbons (Fsp3) is 0.591. The summed E-state index contributed by atoms with van der Waals surface area (Å²) in [5.74, 6) is 0.888. The normalized spacial score (nSPS) is 16.5. The average Bonchev–Trinajstić information content (AvgIpc) is 3.09. The maximum absolute atomic E-state index is 5.48. The minimum absolute atomic E-state index is 0.0286. The molecule has 0 aliphatic carbocycles. The number of hydrogen-bond acceptors (Lipinski definition) is 3. The molecular formula is C22H35N5O. The zero-order chi connectivity index (χ0) is 20.0. The number of hydrogen-bond donors (Lipinski definition) is 3. The van der Waals surface area contributed by atoms with Crippen molar-refractivity contribution in [2.24, 2.45) is 4.99 Å². The highest BCUT2D eigenvalue weighted by atomic mass is 16.5. The molecule has 3 rings (SSSR count). The molecule has 2 aromatic rings. The van der Waals surface area contributed by atoms with E-state index in [1.165, 1.54) is 22.0 Å². The molecule has 0 saturated carbocycles. The van der Waals surface area contributed by atoms with Crippen LogP contribution >= 0.6 is 0 Å². The second kappa shape index (κ2) is 9.43. The van der Waals surface area contributed by atoms with E-state index in [1.54, 1.807) is 0 Å². The number of benzene rings is 1. The molecule has 154 valence electrons. The van der Waals surface area contributed by atoms with E-state index in [0.717, 1.165) is 58.3 Å². The zero-order valence-corrected chi connectivity index (χ0v) is 17.8. The maximum Gasteiger partial charge on any atom is 0.191 e. The summed E-state index contributed by atoms with van der Waals surface area (Å²) in [5, 5.41) is 8.17. The van der Waals surface area contributed by atoms with Gasteiger partial charge in [-0.1, -0.05) is 12.1 Å². The summed E-state index contributed by atoms with van der Waals surface area (Å²) in [6, 6.07) is 6.58. The van der Waals surface area contributed by atoms with Gasteiger partial charge in [-0.25, -0.2) is 0 Å². The predicted molar refractivity (Wildman–Crippen MR) is 117 cm³/mol. The Morgan fingerprint density at radius 3 is 2.79 bits per heavy atom. The number of aromatic amines is 1. The largest absolute Gasteiger partial charge is 0.379 e. The summed E-state index contributed by atoms with van der Waals surface area (Å²) in [5.41, 5.74) is 3.86. The molecule has 28 heavy (non-hydrogen) atoms. The first-order valence-electron chi connectivity index (χ1n) is 10.4. The summed E-state index contributed by atoms with van der Waals surface area (Å²) in [6.45, 7) is 14.8. The van der Waals surface area contributed by atoms with Crippen molar-refractivity contribution in [1.82, 2.24) is 20.5 Å². The number of fused-ring (bicyclic) bond motifs is 1. The molecule has 6 heteroatoms. The van der Waals surface area contributed by atoms with Gasteiger partial charge in [-0.15, -0.1) is 0 Å². The van der Waals surface area contributed by atoms with E-state index in [0.29, 0.717) is 0 Å². The lowest BCUT2D eigenvalue weighted by molar-refractivity contribution is -0.00683. The summed E-state index contributed by atoms with van der Waals surface area (Å²) in [4.78, 5) is 10.7. The Labute approximate surface area is 168 Å². The molecule has 1 fully saturated rings. The van der Waals surface area contributed by atoms with Gasteiger partial charge in [0.05, 0.1) is 19.8 Å². The van der Waals surface area contributed by atoms with Gasteiger partial charge in [-0.2, -0.15) is 0 Å². The van der Waals surface area contributed by atoms with Crippen LogP contribution < -0.4 is 10.6 Å². The van der Waals surface area contributed by atoms with Gasteiger partial charge >= 0.3 is 0 Å². The monoisotopic (exact) mass is 385 g/mol. The van der Waals surface area contributed by atoms with E-state index in [4.69, 9.17) is 9.73 Å². The van der Waals surface area contributed by atoms with Crippen molar-refractivity contribution in [3.63, 3.8) is 0 Å². The Kier molecular flexibility index (Phi) is 6.97. The van der Waals surface area contributed by atoms with Gasteiger partial charge < -0.3 is 20.4 Å². The van der Waals surface area contributed by atoms with Crippen LogP contribution in [0.2, 0.25) is 0 Å². The van der Waals surface area contributed by atoms with Crippen LogP contribution in [0.3, 0.4) is 0 Å². The van der Waals surface area contributed by atoms with Gasteiger partial charge in [0.15, 0.2) is 5.96 Å². The van der Waals surface area contributed by atoms with E-state index in [2.05, 4.69) is 72.6 Å². The number of ether oxygens (including phenoxy) is 1. The van der Waals surface area contributed by atoms with Crippen LogP contribution in [-0.4, -0.2) is 67.3 Å². The number of H-pyrrole nitrogens is 1. The minimum Gasteiger partial charge on any atom is -0.379 e. The van der Waals surface area contributed by atoms with E-state index in [9.17, 15) is 0 Å². The average molecular weight is 386 g/mol. The number of guanidine groups is 1. The fourth-order valence-electron chi connectivity index (χ4n) is 3.71. The summed E-state index contributed by atoms with van der Waals surface area (Å²) in [6.07, 6.45) is 3.08. The summed E-state index contributed by atoms with van der Waals surface area (Å²) >= 11 is 0. The molecule has 1 saturated heterocycles. The molecule has 0 unspecified atom stereocenters. The number of aliphatic imine (C=N–C) groups is 1. The first-order valence-corrected chi connectivity index (χ1v) is 10.4. The van der Waals surface area contributed by atoms with Crippen LogP contribution in [0.1, 0.15) is 31.9 Å². The molecule has 3 N–H and O–H groups in total. The number of nitrogens with one attached hydrogen (secondary N) is 3. The SMILES string of the molecule is CCNC(=NCC(C)(C)N1CCOCC1)NCCc1c[nH]c2cc(C)ccc12. The van der Waals surface area contributed by atoms with E-state index >= 15 is 0 Å². The second-order valence-corrected chi connectivity index (χ2v) is 8.15. The van der Waals surface area contributed by atoms with Crippen molar-refractivity contribution < 1.29 is 4.74 Å². The molecule has 0 atom stereocenters. The van der Waals surface area contributed by atoms with Crippen LogP contribution in [0, 0.1) is 6.92 Å². The van der Waals surface area contributed by atoms with Crippen molar-refractivity contribution in [2.45, 2.75) is 39.7 Å². The summed E-state index contributed by atoms with van der Waals surface area (Å²) in [7, 11) is 0. The van der Waals surface area contributed by atoms with Gasteiger partial charge in [-0.05, 0) is 51.3 Å². The van der Waals surface area contributed by atoms with Crippen LogP contribution in [0.15, 0.2) is 29.4 Å². The van der Waals surface area contributed by atoms with E-state index in [-0.39, 0.29) is 5.54 Å². The number of nitrogens with zero attached hydrogens (tertiary/aromatic N) is 2. The smallest absolute Gasteiger partial charge is 0.191 e. The molecule has 0 spiro atoms. The van der Waals surface area contributed by atoms with Crippen LogP contribution in [0.25, 0.3) is 10.9 Å². The maximum atomic E-state index is 5.48. The van der Waals surface area contributed by atoms with Crippen molar-refractivity contribution in [2.75, 3.05) is 45.9 Å². The molecule has 1 aromatic heterocycles. The van der Waals surface area contributed by atoms with Gasteiger partial charge in [0, 0.05) is 48.8 Å². The fourth-order valence-corrected chi connectivity index (χ4v) is 3.71. The third kappa shape index (κ3) is 5.26. The standard InChI is InChI=1S/C22H35N5O/c1-5-23-21(26-16-22(3,4)27-10-12-28-13-11-27)24-9-8-18-15-25-20-14-17(2)6-7-19(18)20/h6-7,14-15,25H,5,8-13,16H2,1-4H3,(H2,23,24,26). The molecular weight excluding hydrogens is 350 g/mol. The number of rotatable bonds is 7. The molecule has 0 amide bonds. The molecule has 1 aliphatic rings. The van der Waals surface area contributed by atoms with Crippen LogP contribution in [0.5, 0.6) is 0 Å². The van der Waals surface area contributed by atoms with Crippen molar-refractivity contribution in [3.8, 4) is 0 Å². The molecule has 0 bridgehead atoms. The Morgan fingerprint density at radius 2 is 2.04 bits per heavy atom. The first kappa shape index (κ1) is 20.7. The number of morpholine rings is 1. The topological polar surface area (TPSA) is 64.7 Å². The van der Waals surface area contributed by atoms with Crippen LogP contribution in [-0.2, 0) is 11.2 Å². The molecule has 1 aliphatic heterocycles. The minimum atomic E-state index is 0.0286. The third-order valence-electron chi connectivity index (χ3n) is 5.45. The first-order chi connectivity index (χ1) is 13.5. The van der Waals surface area contributed by atoms with Crippen molar-refractivity contribution in [3.05, 3.63) is 35.5 Å². The molecule has 1 aromatic carbocycles. The Balaban J connectivity index is 1.56. The predicted octanol–water partition coefficient (Wildman–Crippen LogP) is 2.68. The Hall–Kier alpha value is -2.05. The summed E-state index contributed by atoms with van der Waals surface area (Å²) < 4.78 is 5.48. The van der Waals surface area contributed by atoms with E-state index < -0.39 is 0 Å². The van der Waals surface area contributed by atoms with Crippen molar-refractivity contribution >= 4 is 16.9 Å². The lowest BCUT2D eigenvalue weighted by atomic mass is 10.0. The molecule has 0 radical (unpaired) electrons. The highest BCUT2D eigenvalue weighted by molar-refractivity contribution is 5.84. The lowest BCUT2D eigenvalue weighted by Gasteiger charge is -2.39. The molecule has 2 heterocycles. The second-order valence-electron chi connectivity index (χ2n) is 8.15. The third-order valence-corrected chi connectivity index (χ3v) is 5.45. The number of aryl methyl sites for hydroxylation is 1. The highest BCUT2D eigenvalue weighted by Crippen LogP contribution is 2.20. The van der Waals surface area contributed by atoms with Gasteiger partial charge in [-0.3, -0.25) is 9.89 Å².